The van der Waals surface area contributed by atoms with E-state index in [2.05, 4.69) is 43.1 Å². The first kappa shape index (κ1) is 13.3. The molecule has 5 heteroatoms. The SMILES string of the molecule is CCO[Si](CC)(NC)N[Si](C)(C)C. The largest absolute Gasteiger partial charge is 0.392 e. The quantitative estimate of drug-likeness (QED) is 0.668. The molecule has 0 aliphatic carbocycles. The van der Waals surface area contributed by atoms with Crippen LogP contribution in [0.2, 0.25) is 25.7 Å². The molecule has 0 bridgehead atoms. The van der Waals surface area contributed by atoms with Crippen molar-refractivity contribution in [1.29, 1.82) is 0 Å². The highest BCUT2D eigenvalue weighted by molar-refractivity contribution is 6.87. The maximum absolute atomic E-state index is 5.86. The van der Waals surface area contributed by atoms with Gasteiger partial charge in [-0.3, -0.25) is 0 Å². The summed E-state index contributed by atoms with van der Waals surface area (Å²) in [7, 11) is -1.07. The summed E-state index contributed by atoms with van der Waals surface area (Å²) in [5.74, 6) is 0. The second-order valence-corrected chi connectivity index (χ2v) is 12.9. The molecule has 0 amide bonds. The van der Waals surface area contributed by atoms with Gasteiger partial charge in [0.1, 0.15) is 8.24 Å². The molecule has 0 aliphatic rings. The highest BCUT2D eigenvalue weighted by Crippen LogP contribution is 2.08. The summed E-state index contributed by atoms with van der Waals surface area (Å²) in [6.45, 7) is 12.0. The van der Waals surface area contributed by atoms with Crippen molar-refractivity contribution in [2.24, 2.45) is 0 Å². The van der Waals surface area contributed by atoms with E-state index in [1.165, 1.54) is 0 Å². The predicted molar refractivity (Wildman–Crippen MR) is 63.4 cm³/mol. The van der Waals surface area contributed by atoms with Crippen molar-refractivity contribution in [3.8, 4) is 0 Å². The zero-order chi connectivity index (χ0) is 10.5. The second-order valence-electron chi connectivity index (χ2n) is 4.24. The monoisotopic (exact) mass is 220 g/mol. The molecular formula is C8H24N2OSi2. The second kappa shape index (κ2) is 5.26. The van der Waals surface area contributed by atoms with Crippen LogP contribution in [0.4, 0.5) is 0 Å². The van der Waals surface area contributed by atoms with E-state index in [9.17, 15) is 0 Å². The van der Waals surface area contributed by atoms with Gasteiger partial charge in [0, 0.05) is 6.61 Å². The summed E-state index contributed by atoms with van der Waals surface area (Å²) in [6.07, 6.45) is 0. The number of nitrogens with one attached hydrogen (secondary N) is 2. The summed E-state index contributed by atoms with van der Waals surface area (Å²) >= 11 is 0. The van der Waals surface area contributed by atoms with Crippen molar-refractivity contribution in [3.05, 3.63) is 0 Å². The minimum atomic E-state index is -1.82. The van der Waals surface area contributed by atoms with Crippen molar-refractivity contribution in [1.82, 2.24) is 9.63 Å². The fourth-order valence-electron chi connectivity index (χ4n) is 1.39. The van der Waals surface area contributed by atoms with Crippen molar-refractivity contribution in [2.75, 3.05) is 13.7 Å². The Balaban J connectivity index is 4.38. The van der Waals surface area contributed by atoms with Gasteiger partial charge in [-0.1, -0.05) is 26.6 Å². The van der Waals surface area contributed by atoms with E-state index < -0.39 is 16.9 Å². The van der Waals surface area contributed by atoms with E-state index in [1.807, 2.05) is 7.05 Å². The molecule has 2 N–H and O–H groups in total. The van der Waals surface area contributed by atoms with Gasteiger partial charge in [-0.05, 0) is 20.0 Å². The summed E-state index contributed by atoms with van der Waals surface area (Å²) < 4.78 is 9.57. The highest BCUT2D eigenvalue weighted by Gasteiger charge is 2.36. The average molecular weight is 220 g/mol. The van der Waals surface area contributed by atoms with E-state index in [0.717, 1.165) is 12.7 Å². The Kier molecular flexibility index (Phi) is 5.38. The Bertz CT molecular complexity index is 144. The molecule has 0 aromatic heterocycles. The molecule has 0 aromatic rings. The average Bonchev–Trinajstić information content (AvgIpc) is 2.01. The van der Waals surface area contributed by atoms with Gasteiger partial charge in [0.25, 0.3) is 0 Å². The molecule has 1 unspecified atom stereocenters. The first-order valence-corrected chi connectivity index (χ1v) is 10.6. The van der Waals surface area contributed by atoms with Crippen LogP contribution in [0.5, 0.6) is 0 Å². The summed E-state index contributed by atoms with van der Waals surface area (Å²) in [6, 6.07) is 1.07. The molecule has 0 saturated heterocycles. The van der Waals surface area contributed by atoms with Crippen LogP contribution in [0.3, 0.4) is 0 Å². The molecule has 0 aromatic carbocycles. The molecule has 0 radical (unpaired) electrons. The lowest BCUT2D eigenvalue weighted by Crippen LogP contribution is -2.69. The molecule has 80 valence electrons. The molecule has 13 heavy (non-hydrogen) atoms. The predicted octanol–water partition coefficient (Wildman–Crippen LogP) is 1.63. The summed E-state index contributed by atoms with van der Waals surface area (Å²) in [4.78, 5) is 3.36. The van der Waals surface area contributed by atoms with Gasteiger partial charge in [0.05, 0.1) is 0 Å². The topological polar surface area (TPSA) is 33.3 Å². The van der Waals surface area contributed by atoms with Crippen molar-refractivity contribution < 1.29 is 4.43 Å². The smallest absolute Gasteiger partial charge is 0.344 e. The fraction of sp³-hybridized carbons (Fsp3) is 1.00. The molecule has 0 spiro atoms. The van der Waals surface area contributed by atoms with E-state index in [0.29, 0.717) is 0 Å². The van der Waals surface area contributed by atoms with Crippen LogP contribution in [-0.2, 0) is 4.43 Å². The third kappa shape index (κ3) is 4.92. The number of rotatable bonds is 6. The highest BCUT2D eigenvalue weighted by atomic mass is 28.4. The maximum Gasteiger partial charge on any atom is 0.344 e. The van der Waals surface area contributed by atoms with Crippen molar-refractivity contribution in [2.45, 2.75) is 39.5 Å². The zero-order valence-electron chi connectivity index (χ0n) is 9.82. The summed E-state index contributed by atoms with van der Waals surface area (Å²) in [5.41, 5.74) is 0. The van der Waals surface area contributed by atoms with Crippen LogP contribution in [-0.4, -0.2) is 30.5 Å². The summed E-state index contributed by atoms with van der Waals surface area (Å²) in [5, 5.41) is 0. The van der Waals surface area contributed by atoms with Crippen LogP contribution in [0, 0.1) is 0 Å². The van der Waals surface area contributed by atoms with Crippen LogP contribution in [0.25, 0.3) is 0 Å². The lowest BCUT2D eigenvalue weighted by Gasteiger charge is -2.35. The first-order valence-electron chi connectivity index (χ1n) is 5.01. The Morgan fingerprint density at radius 3 is 1.92 bits per heavy atom. The number of hydrogen-bond donors (Lipinski definition) is 2. The standard InChI is InChI=1S/C8H24N2OSi2/c1-7-11-13(8-2,9-3)10-12(4,5)6/h9-10H,7-8H2,1-6H3. The molecule has 1 atom stereocenters. The Labute approximate surface area is 84.6 Å². The third-order valence-electron chi connectivity index (χ3n) is 1.87. The lowest BCUT2D eigenvalue weighted by atomic mass is 10.9. The Hall–Kier alpha value is 0.314. The van der Waals surface area contributed by atoms with Gasteiger partial charge in [-0.2, -0.15) is 0 Å². The van der Waals surface area contributed by atoms with Gasteiger partial charge < -0.3 is 14.1 Å². The van der Waals surface area contributed by atoms with Gasteiger partial charge in [-0.15, -0.1) is 0 Å². The van der Waals surface area contributed by atoms with Gasteiger partial charge in [0.15, 0.2) is 0 Å². The molecule has 0 saturated carbocycles. The zero-order valence-corrected chi connectivity index (χ0v) is 11.8. The van der Waals surface area contributed by atoms with Crippen molar-refractivity contribution >= 4 is 16.9 Å². The molecule has 0 aliphatic heterocycles. The van der Waals surface area contributed by atoms with E-state index in [1.54, 1.807) is 0 Å². The minimum absolute atomic E-state index is 0.790. The van der Waals surface area contributed by atoms with Crippen LogP contribution in [0.15, 0.2) is 0 Å². The third-order valence-corrected chi connectivity index (χ3v) is 9.07. The lowest BCUT2D eigenvalue weighted by molar-refractivity contribution is 0.308. The van der Waals surface area contributed by atoms with E-state index >= 15 is 0 Å². The first-order chi connectivity index (χ1) is 5.89. The fourth-order valence-corrected chi connectivity index (χ4v) is 8.93. The molecule has 0 heterocycles. The van der Waals surface area contributed by atoms with Gasteiger partial charge >= 0.3 is 8.64 Å². The van der Waals surface area contributed by atoms with Crippen LogP contribution >= 0.6 is 0 Å². The molecule has 3 nitrogen and oxygen atoms in total. The van der Waals surface area contributed by atoms with Crippen LogP contribution in [0.1, 0.15) is 13.8 Å². The normalized spacial score (nSPS) is 17.1. The maximum atomic E-state index is 5.86. The number of hydrogen-bond acceptors (Lipinski definition) is 3. The molecule has 0 rings (SSSR count). The molecular weight excluding hydrogens is 196 g/mol. The van der Waals surface area contributed by atoms with Crippen LogP contribution < -0.4 is 9.63 Å². The minimum Gasteiger partial charge on any atom is -0.392 e. The van der Waals surface area contributed by atoms with Crippen molar-refractivity contribution in [3.63, 3.8) is 0 Å². The van der Waals surface area contributed by atoms with Gasteiger partial charge in [-0.25, -0.2) is 0 Å². The molecule has 0 fully saturated rings. The Morgan fingerprint density at radius 1 is 1.15 bits per heavy atom. The van der Waals surface area contributed by atoms with Gasteiger partial charge in [0.2, 0.25) is 0 Å². The van der Waals surface area contributed by atoms with E-state index in [4.69, 9.17) is 4.43 Å². The van der Waals surface area contributed by atoms with E-state index in [-0.39, 0.29) is 0 Å². The Morgan fingerprint density at radius 2 is 1.69 bits per heavy atom.